The Morgan fingerprint density at radius 1 is 1.11 bits per heavy atom. The molecule has 0 bridgehead atoms. The molecule has 0 aliphatic carbocycles. The van der Waals surface area contributed by atoms with E-state index in [4.69, 9.17) is 21.7 Å². The van der Waals surface area contributed by atoms with Gasteiger partial charge in [0.05, 0.1) is 24.8 Å². The maximum Gasteiger partial charge on any atom is 0.341 e. The third-order valence-electron chi connectivity index (χ3n) is 3.83. The second-order valence-electron chi connectivity index (χ2n) is 5.56. The number of esters is 2. The van der Waals surface area contributed by atoms with Crippen LogP contribution in [0, 0.1) is 6.92 Å². The van der Waals surface area contributed by atoms with Gasteiger partial charge in [0.2, 0.25) is 0 Å². The fourth-order valence-electron chi connectivity index (χ4n) is 2.58. The van der Waals surface area contributed by atoms with Crippen LogP contribution in [-0.4, -0.2) is 30.8 Å². The Labute approximate surface area is 167 Å². The summed E-state index contributed by atoms with van der Waals surface area (Å²) in [5, 5.41) is 7.11. The first-order valence-electron chi connectivity index (χ1n) is 8.46. The minimum atomic E-state index is -0.389. The van der Waals surface area contributed by atoms with Crippen LogP contribution in [0.3, 0.4) is 0 Å². The SMILES string of the molecule is CCOC(=O)c1ccc(NC(=S)Nc2sc(C)c(CC)c2C(=O)OC)cc1. The van der Waals surface area contributed by atoms with Crippen LogP contribution in [0.15, 0.2) is 24.3 Å². The number of ether oxygens (including phenoxy) is 2. The van der Waals surface area contributed by atoms with E-state index in [2.05, 4.69) is 10.6 Å². The van der Waals surface area contributed by atoms with Gasteiger partial charge in [0.1, 0.15) is 5.00 Å². The molecule has 2 rings (SSSR count). The highest BCUT2D eigenvalue weighted by molar-refractivity contribution is 7.80. The first kappa shape index (κ1) is 20.9. The molecule has 2 aromatic rings. The number of aryl methyl sites for hydroxylation is 1. The summed E-state index contributed by atoms with van der Waals surface area (Å²) in [6.07, 6.45) is 0.726. The summed E-state index contributed by atoms with van der Waals surface area (Å²) >= 11 is 6.82. The molecule has 144 valence electrons. The molecule has 0 aliphatic rings. The standard InChI is InChI=1S/C19H22N2O4S2/c1-5-14-11(3)27-16(15(14)18(23)24-4)21-19(26)20-13-9-7-12(8-10-13)17(22)25-6-2/h7-10H,5-6H2,1-4H3,(H2,20,21,26). The molecule has 0 spiro atoms. The lowest BCUT2D eigenvalue weighted by molar-refractivity contribution is 0.0525. The quantitative estimate of drug-likeness (QED) is 0.544. The molecule has 0 saturated heterocycles. The smallest absolute Gasteiger partial charge is 0.341 e. The summed E-state index contributed by atoms with van der Waals surface area (Å²) < 4.78 is 9.87. The lowest BCUT2D eigenvalue weighted by Crippen LogP contribution is -2.20. The molecule has 1 heterocycles. The predicted molar refractivity (Wildman–Crippen MR) is 112 cm³/mol. The van der Waals surface area contributed by atoms with Gasteiger partial charge in [-0.1, -0.05) is 6.92 Å². The molecule has 1 aromatic carbocycles. The lowest BCUT2D eigenvalue weighted by atomic mass is 10.1. The molecule has 0 unspecified atom stereocenters. The zero-order valence-corrected chi connectivity index (χ0v) is 17.3. The summed E-state index contributed by atoms with van der Waals surface area (Å²) in [5.74, 6) is -0.756. The van der Waals surface area contributed by atoms with Gasteiger partial charge in [0.25, 0.3) is 0 Å². The molecule has 0 amide bonds. The average molecular weight is 407 g/mol. The minimum absolute atomic E-state index is 0.329. The van der Waals surface area contributed by atoms with E-state index < -0.39 is 0 Å². The molecule has 0 aliphatic heterocycles. The van der Waals surface area contributed by atoms with E-state index in [9.17, 15) is 9.59 Å². The van der Waals surface area contributed by atoms with E-state index >= 15 is 0 Å². The van der Waals surface area contributed by atoms with Gasteiger partial charge in [-0.15, -0.1) is 11.3 Å². The van der Waals surface area contributed by atoms with Gasteiger partial charge in [-0.25, -0.2) is 9.59 Å². The van der Waals surface area contributed by atoms with E-state index in [0.717, 1.165) is 16.9 Å². The molecule has 27 heavy (non-hydrogen) atoms. The lowest BCUT2D eigenvalue weighted by Gasteiger charge is -2.11. The van der Waals surface area contributed by atoms with Gasteiger partial charge in [-0.05, 0) is 62.3 Å². The van der Waals surface area contributed by atoms with Crippen molar-refractivity contribution in [1.82, 2.24) is 0 Å². The second kappa shape index (κ2) is 9.48. The minimum Gasteiger partial charge on any atom is -0.465 e. The van der Waals surface area contributed by atoms with Crippen molar-refractivity contribution in [1.29, 1.82) is 0 Å². The fourth-order valence-corrected chi connectivity index (χ4v) is 4.00. The van der Waals surface area contributed by atoms with Crippen LogP contribution in [0.4, 0.5) is 10.7 Å². The van der Waals surface area contributed by atoms with Crippen LogP contribution in [0.25, 0.3) is 0 Å². The summed E-state index contributed by atoms with van der Waals surface area (Å²) in [6.45, 7) is 6.05. The highest BCUT2D eigenvalue weighted by Gasteiger charge is 2.22. The number of rotatable bonds is 6. The Kier molecular flexibility index (Phi) is 7.32. The largest absolute Gasteiger partial charge is 0.465 e. The number of thiocarbonyl (C=S) groups is 1. The van der Waals surface area contributed by atoms with E-state index in [-0.39, 0.29) is 11.9 Å². The number of hydrogen-bond acceptors (Lipinski definition) is 6. The van der Waals surface area contributed by atoms with Crippen molar-refractivity contribution >= 4 is 51.3 Å². The zero-order chi connectivity index (χ0) is 20.0. The Bertz CT molecular complexity index is 844. The normalized spacial score (nSPS) is 10.2. The first-order chi connectivity index (χ1) is 12.9. The molecule has 1 aromatic heterocycles. The summed E-state index contributed by atoms with van der Waals surface area (Å²) in [4.78, 5) is 24.9. The Hall–Kier alpha value is -2.45. The van der Waals surface area contributed by atoms with E-state index in [1.165, 1.54) is 18.4 Å². The van der Waals surface area contributed by atoms with Crippen molar-refractivity contribution in [2.75, 3.05) is 24.4 Å². The van der Waals surface area contributed by atoms with Crippen LogP contribution >= 0.6 is 23.6 Å². The van der Waals surface area contributed by atoms with Gasteiger partial charge in [-0.2, -0.15) is 0 Å². The van der Waals surface area contributed by atoms with Crippen molar-refractivity contribution in [3.63, 3.8) is 0 Å². The number of methoxy groups -OCH3 is 1. The highest BCUT2D eigenvalue weighted by Crippen LogP contribution is 2.34. The zero-order valence-electron chi connectivity index (χ0n) is 15.7. The third-order valence-corrected chi connectivity index (χ3v) is 5.10. The topological polar surface area (TPSA) is 76.7 Å². The Balaban J connectivity index is 2.12. The fraction of sp³-hybridized carbons (Fsp3) is 0.316. The van der Waals surface area contributed by atoms with Crippen LogP contribution in [-0.2, 0) is 15.9 Å². The molecule has 0 atom stereocenters. The highest BCUT2D eigenvalue weighted by atomic mass is 32.1. The van der Waals surface area contributed by atoms with Gasteiger partial charge < -0.3 is 20.1 Å². The van der Waals surface area contributed by atoms with Crippen molar-refractivity contribution in [2.45, 2.75) is 27.2 Å². The van der Waals surface area contributed by atoms with Crippen LogP contribution in [0.1, 0.15) is 45.0 Å². The van der Waals surface area contributed by atoms with Crippen LogP contribution < -0.4 is 10.6 Å². The second-order valence-corrected chi connectivity index (χ2v) is 7.20. The van der Waals surface area contributed by atoms with E-state index in [1.807, 2.05) is 13.8 Å². The number of hydrogen-bond donors (Lipinski definition) is 2. The number of nitrogens with one attached hydrogen (secondary N) is 2. The maximum absolute atomic E-state index is 12.2. The summed E-state index contributed by atoms with van der Waals surface area (Å²) in [7, 11) is 1.36. The number of anilines is 2. The van der Waals surface area contributed by atoms with E-state index in [0.29, 0.717) is 33.5 Å². The monoisotopic (exact) mass is 406 g/mol. The summed E-state index contributed by atoms with van der Waals surface area (Å²) in [5.41, 5.74) is 2.65. The number of carbonyl (C=O) groups is 2. The third kappa shape index (κ3) is 5.05. The first-order valence-corrected chi connectivity index (χ1v) is 9.69. The molecule has 0 fully saturated rings. The van der Waals surface area contributed by atoms with Crippen LogP contribution in [0.2, 0.25) is 0 Å². The van der Waals surface area contributed by atoms with Crippen LogP contribution in [0.5, 0.6) is 0 Å². The Morgan fingerprint density at radius 3 is 2.33 bits per heavy atom. The molecule has 6 nitrogen and oxygen atoms in total. The molecule has 0 radical (unpaired) electrons. The molecular formula is C19H22N2O4S2. The summed E-state index contributed by atoms with van der Waals surface area (Å²) in [6, 6.07) is 6.79. The molecule has 2 N–H and O–H groups in total. The van der Waals surface area contributed by atoms with Gasteiger partial charge in [0.15, 0.2) is 5.11 Å². The van der Waals surface area contributed by atoms with Crippen molar-refractivity contribution < 1.29 is 19.1 Å². The number of benzene rings is 1. The Morgan fingerprint density at radius 2 is 1.78 bits per heavy atom. The predicted octanol–water partition coefficient (Wildman–Crippen LogP) is 4.39. The molecule has 8 heteroatoms. The van der Waals surface area contributed by atoms with Gasteiger partial charge >= 0.3 is 11.9 Å². The van der Waals surface area contributed by atoms with Crippen molar-refractivity contribution in [3.8, 4) is 0 Å². The molecular weight excluding hydrogens is 384 g/mol. The van der Waals surface area contributed by atoms with E-state index in [1.54, 1.807) is 31.2 Å². The maximum atomic E-state index is 12.2. The van der Waals surface area contributed by atoms with Gasteiger partial charge in [0, 0.05) is 10.6 Å². The number of carbonyl (C=O) groups excluding carboxylic acids is 2. The average Bonchev–Trinajstić information content (AvgIpc) is 2.96. The number of thiophene rings is 1. The van der Waals surface area contributed by atoms with Crippen molar-refractivity contribution in [3.05, 3.63) is 45.8 Å². The van der Waals surface area contributed by atoms with Gasteiger partial charge in [-0.3, -0.25) is 0 Å². The molecule has 0 saturated carbocycles. The van der Waals surface area contributed by atoms with Crippen molar-refractivity contribution in [2.24, 2.45) is 0 Å².